The summed E-state index contributed by atoms with van der Waals surface area (Å²) in [5.74, 6) is -0.159. The molecular formula is C11H8F3N3O2. The Balaban J connectivity index is 2.56. The average molecular weight is 271 g/mol. The van der Waals surface area contributed by atoms with Crippen LogP contribution in [0.2, 0.25) is 0 Å². The number of alkyl halides is 3. The third-order valence-corrected chi connectivity index (χ3v) is 2.42. The molecule has 2 aromatic rings. The fourth-order valence-corrected chi connectivity index (χ4v) is 1.58. The second-order valence-electron chi connectivity index (χ2n) is 3.74. The number of anilines is 1. The lowest BCUT2D eigenvalue weighted by Gasteiger charge is -2.10. The molecule has 0 radical (unpaired) electrons. The van der Waals surface area contributed by atoms with Gasteiger partial charge in [0.25, 0.3) is 5.56 Å². The standard InChI is InChI=1S/C11H8F3N3O2/c12-11(13,14)6-1-3-7(4-2-6)17-8(15)5-9(18)16-10(17)19/h1-5H,15H2,(H,16,18,19). The van der Waals surface area contributed by atoms with Crippen molar-refractivity contribution < 1.29 is 13.2 Å². The van der Waals surface area contributed by atoms with Crippen molar-refractivity contribution >= 4 is 5.82 Å². The summed E-state index contributed by atoms with van der Waals surface area (Å²) >= 11 is 0. The smallest absolute Gasteiger partial charge is 0.385 e. The van der Waals surface area contributed by atoms with Gasteiger partial charge in [-0.3, -0.25) is 9.78 Å². The number of halogens is 3. The lowest BCUT2D eigenvalue weighted by atomic mass is 10.2. The Kier molecular flexibility index (Phi) is 2.93. The number of nitrogens with one attached hydrogen (secondary N) is 1. The lowest BCUT2D eigenvalue weighted by molar-refractivity contribution is -0.137. The molecule has 100 valence electrons. The van der Waals surface area contributed by atoms with Crippen LogP contribution in [0.5, 0.6) is 0 Å². The largest absolute Gasteiger partial charge is 0.416 e. The van der Waals surface area contributed by atoms with Crippen LogP contribution >= 0.6 is 0 Å². The van der Waals surface area contributed by atoms with Crippen molar-refractivity contribution in [2.45, 2.75) is 6.18 Å². The molecule has 0 fully saturated rings. The second-order valence-corrected chi connectivity index (χ2v) is 3.74. The van der Waals surface area contributed by atoms with Crippen LogP contribution in [0.1, 0.15) is 5.56 Å². The van der Waals surface area contributed by atoms with Crippen LogP contribution in [-0.2, 0) is 6.18 Å². The first-order valence-corrected chi connectivity index (χ1v) is 5.08. The van der Waals surface area contributed by atoms with Gasteiger partial charge in [-0.2, -0.15) is 13.2 Å². The van der Waals surface area contributed by atoms with Gasteiger partial charge in [-0.25, -0.2) is 9.36 Å². The Bertz CT molecular complexity index is 714. The first-order valence-electron chi connectivity index (χ1n) is 5.08. The van der Waals surface area contributed by atoms with Gasteiger partial charge in [0.2, 0.25) is 0 Å². The van der Waals surface area contributed by atoms with E-state index in [1.54, 1.807) is 0 Å². The van der Waals surface area contributed by atoms with E-state index in [0.29, 0.717) is 0 Å². The van der Waals surface area contributed by atoms with E-state index in [2.05, 4.69) is 0 Å². The minimum absolute atomic E-state index is 0.131. The number of hydrogen-bond donors (Lipinski definition) is 2. The lowest BCUT2D eigenvalue weighted by Crippen LogP contribution is -2.30. The summed E-state index contributed by atoms with van der Waals surface area (Å²) in [5, 5.41) is 0. The van der Waals surface area contributed by atoms with E-state index >= 15 is 0 Å². The van der Waals surface area contributed by atoms with E-state index in [4.69, 9.17) is 5.73 Å². The molecule has 5 nitrogen and oxygen atoms in total. The monoisotopic (exact) mass is 271 g/mol. The summed E-state index contributed by atoms with van der Waals surface area (Å²) in [6.45, 7) is 0. The summed E-state index contributed by atoms with van der Waals surface area (Å²) in [6.07, 6.45) is -4.46. The molecule has 0 unspecified atom stereocenters. The summed E-state index contributed by atoms with van der Waals surface area (Å²) in [7, 11) is 0. The van der Waals surface area contributed by atoms with E-state index in [-0.39, 0.29) is 11.5 Å². The number of nitrogens with two attached hydrogens (primary N) is 1. The van der Waals surface area contributed by atoms with E-state index in [9.17, 15) is 22.8 Å². The molecule has 0 aliphatic carbocycles. The molecule has 0 aliphatic heterocycles. The Labute approximate surface area is 104 Å². The highest BCUT2D eigenvalue weighted by Crippen LogP contribution is 2.29. The van der Waals surface area contributed by atoms with E-state index < -0.39 is 23.0 Å². The second kappa shape index (κ2) is 4.30. The molecule has 19 heavy (non-hydrogen) atoms. The highest BCUT2D eigenvalue weighted by molar-refractivity contribution is 5.43. The van der Waals surface area contributed by atoms with Gasteiger partial charge in [0.15, 0.2) is 0 Å². The Hall–Kier alpha value is -2.51. The van der Waals surface area contributed by atoms with Crippen molar-refractivity contribution in [1.82, 2.24) is 9.55 Å². The minimum atomic E-state index is -4.46. The Morgan fingerprint density at radius 3 is 2.16 bits per heavy atom. The van der Waals surface area contributed by atoms with Crippen LogP contribution in [0.15, 0.2) is 39.9 Å². The molecule has 3 N–H and O–H groups in total. The predicted molar refractivity (Wildman–Crippen MR) is 62.1 cm³/mol. The number of benzene rings is 1. The number of H-pyrrole nitrogens is 1. The van der Waals surface area contributed by atoms with Crippen LogP contribution in [0.25, 0.3) is 5.69 Å². The molecule has 0 atom stereocenters. The van der Waals surface area contributed by atoms with Crippen molar-refractivity contribution in [3.8, 4) is 5.69 Å². The number of aromatic amines is 1. The van der Waals surface area contributed by atoms with Crippen LogP contribution < -0.4 is 17.0 Å². The SMILES string of the molecule is Nc1cc(=O)[nH]c(=O)n1-c1ccc(C(F)(F)F)cc1. The molecular weight excluding hydrogens is 263 g/mol. The number of nitrogens with zero attached hydrogens (tertiary/aromatic N) is 1. The summed E-state index contributed by atoms with van der Waals surface area (Å²) in [4.78, 5) is 24.5. The predicted octanol–water partition coefficient (Wildman–Crippen LogP) is 1.13. The summed E-state index contributed by atoms with van der Waals surface area (Å²) in [5.41, 5.74) is 3.30. The molecule has 0 saturated carbocycles. The highest BCUT2D eigenvalue weighted by Gasteiger charge is 2.30. The number of aromatic nitrogens is 2. The molecule has 0 spiro atoms. The number of hydrogen-bond acceptors (Lipinski definition) is 3. The van der Waals surface area contributed by atoms with Gasteiger partial charge in [0.05, 0.1) is 11.3 Å². The maximum Gasteiger partial charge on any atom is 0.416 e. The first kappa shape index (κ1) is 12.9. The third-order valence-electron chi connectivity index (χ3n) is 2.42. The molecule has 1 aromatic heterocycles. The average Bonchev–Trinajstić information content (AvgIpc) is 2.27. The molecule has 0 aliphatic rings. The van der Waals surface area contributed by atoms with Crippen molar-refractivity contribution in [2.24, 2.45) is 0 Å². The fraction of sp³-hybridized carbons (Fsp3) is 0.0909. The highest BCUT2D eigenvalue weighted by atomic mass is 19.4. The first-order chi connectivity index (χ1) is 8.79. The number of nitrogen functional groups attached to an aromatic ring is 1. The van der Waals surface area contributed by atoms with Gasteiger partial charge in [0, 0.05) is 6.07 Å². The summed E-state index contributed by atoms with van der Waals surface area (Å²) in [6, 6.07) is 4.81. The van der Waals surface area contributed by atoms with Gasteiger partial charge < -0.3 is 5.73 Å². The molecule has 0 amide bonds. The minimum Gasteiger partial charge on any atom is -0.385 e. The molecule has 1 aromatic carbocycles. The summed E-state index contributed by atoms with van der Waals surface area (Å²) < 4.78 is 38.1. The third kappa shape index (κ3) is 2.51. The zero-order valence-electron chi connectivity index (χ0n) is 9.36. The van der Waals surface area contributed by atoms with Crippen LogP contribution in [0.3, 0.4) is 0 Å². The zero-order valence-corrected chi connectivity index (χ0v) is 9.36. The Morgan fingerprint density at radius 1 is 1.11 bits per heavy atom. The maximum atomic E-state index is 12.4. The Morgan fingerprint density at radius 2 is 1.68 bits per heavy atom. The normalized spacial score (nSPS) is 11.5. The van der Waals surface area contributed by atoms with Crippen molar-refractivity contribution in [3.63, 3.8) is 0 Å². The fourth-order valence-electron chi connectivity index (χ4n) is 1.58. The van der Waals surface area contributed by atoms with Crippen LogP contribution in [0, 0.1) is 0 Å². The molecule has 0 saturated heterocycles. The van der Waals surface area contributed by atoms with Gasteiger partial charge in [-0.1, -0.05) is 0 Å². The van der Waals surface area contributed by atoms with Crippen molar-refractivity contribution in [3.05, 3.63) is 56.7 Å². The van der Waals surface area contributed by atoms with Crippen LogP contribution in [0.4, 0.5) is 19.0 Å². The zero-order chi connectivity index (χ0) is 14.2. The van der Waals surface area contributed by atoms with E-state index in [1.807, 2.05) is 4.98 Å². The van der Waals surface area contributed by atoms with Gasteiger partial charge in [-0.05, 0) is 24.3 Å². The van der Waals surface area contributed by atoms with Crippen molar-refractivity contribution in [1.29, 1.82) is 0 Å². The van der Waals surface area contributed by atoms with E-state index in [0.717, 1.165) is 34.9 Å². The van der Waals surface area contributed by atoms with Crippen molar-refractivity contribution in [2.75, 3.05) is 5.73 Å². The molecule has 1 heterocycles. The van der Waals surface area contributed by atoms with Gasteiger partial charge in [-0.15, -0.1) is 0 Å². The molecule has 2 rings (SSSR count). The number of rotatable bonds is 1. The molecule has 0 bridgehead atoms. The van der Waals surface area contributed by atoms with Crippen LogP contribution in [-0.4, -0.2) is 9.55 Å². The molecule has 8 heteroatoms. The topological polar surface area (TPSA) is 80.9 Å². The van der Waals surface area contributed by atoms with Gasteiger partial charge >= 0.3 is 11.9 Å². The van der Waals surface area contributed by atoms with E-state index in [1.165, 1.54) is 0 Å². The maximum absolute atomic E-state index is 12.4. The quantitative estimate of drug-likeness (QED) is 0.815. The van der Waals surface area contributed by atoms with Gasteiger partial charge in [0.1, 0.15) is 5.82 Å².